The minimum absolute atomic E-state index is 0.0741. The molecule has 2 amide bonds. The molecule has 0 aliphatic carbocycles. The summed E-state index contributed by atoms with van der Waals surface area (Å²) >= 11 is 0. The van der Waals surface area contributed by atoms with E-state index >= 15 is 0 Å². The molecule has 0 atom stereocenters. The molecule has 24 heavy (non-hydrogen) atoms. The summed E-state index contributed by atoms with van der Waals surface area (Å²) in [6.45, 7) is -0.250. The highest BCUT2D eigenvalue weighted by atomic mass is 16.4. The number of carboxylic acids is 1. The van der Waals surface area contributed by atoms with E-state index in [1.165, 1.54) is 38.4 Å². The lowest BCUT2D eigenvalue weighted by Crippen LogP contribution is -2.13. The van der Waals surface area contributed by atoms with Crippen molar-refractivity contribution in [1.82, 2.24) is 10.6 Å². The first-order valence-electron chi connectivity index (χ1n) is 6.21. The van der Waals surface area contributed by atoms with Crippen molar-refractivity contribution in [3.05, 3.63) is 29.8 Å². The van der Waals surface area contributed by atoms with Gasteiger partial charge in [0, 0.05) is 14.1 Å². The van der Waals surface area contributed by atoms with E-state index in [1.807, 2.05) is 10.6 Å². The van der Waals surface area contributed by atoms with E-state index in [4.69, 9.17) is 30.6 Å². The number of rotatable bonds is 2. The molecule has 0 fully saturated rings. The molecule has 1 aromatic carbocycles. The number of carbonyl (C=O) groups is 3. The van der Waals surface area contributed by atoms with Gasteiger partial charge in [-0.3, -0.25) is 0 Å². The molecule has 0 aromatic heterocycles. The second kappa shape index (κ2) is 18.0. The van der Waals surface area contributed by atoms with E-state index in [2.05, 4.69) is 0 Å². The Morgan fingerprint density at radius 2 is 1.12 bits per heavy atom. The van der Waals surface area contributed by atoms with E-state index in [0.29, 0.717) is 0 Å². The lowest BCUT2D eigenvalue weighted by atomic mass is 10.2. The summed E-state index contributed by atoms with van der Waals surface area (Å²) in [5, 5.41) is 51.5. The number of amides is 2. The van der Waals surface area contributed by atoms with Crippen molar-refractivity contribution in [3.63, 3.8) is 0 Å². The van der Waals surface area contributed by atoms with Crippen LogP contribution >= 0.6 is 0 Å². The van der Waals surface area contributed by atoms with Gasteiger partial charge in [-0.05, 0) is 24.3 Å². The average molecular weight is 350 g/mol. The fourth-order valence-electron chi connectivity index (χ4n) is 0.604. The number of carboxylic acid groups (broad SMARTS) is 3. The molecule has 0 aliphatic heterocycles. The third kappa shape index (κ3) is 24.0. The molecule has 0 bridgehead atoms. The summed E-state index contributed by atoms with van der Waals surface area (Å²) in [4.78, 5) is 28.7. The maximum atomic E-state index is 10.2. The number of phenolic OH excluding ortho intramolecular Hbond substituents is 1. The molecule has 0 saturated carbocycles. The predicted molar refractivity (Wildman–Crippen MR) is 83.4 cm³/mol. The Kier molecular flexibility index (Phi) is 19.4. The maximum absolute atomic E-state index is 10.2. The smallest absolute Gasteiger partial charge is 0.404 e. The summed E-state index contributed by atoms with van der Waals surface area (Å²) in [6, 6.07) is 5.36. The molecule has 1 aromatic rings. The highest BCUT2D eigenvalue weighted by Gasteiger charge is 1.99. The van der Waals surface area contributed by atoms with Crippen LogP contribution in [0, 0.1) is 0 Å². The molecule has 0 unspecified atom stereocenters. The van der Waals surface area contributed by atoms with Crippen molar-refractivity contribution in [2.24, 2.45) is 0 Å². The van der Waals surface area contributed by atoms with Gasteiger partial charge in [-0.25, -0.2) is 14.4 Å². The van der Waals surface area contributed by atoms with E-state index < -0.39 is 18.2 Å². The Labute approximate surface area is 137 Å². The van der Waals surface area contributed by atoms with Gasteiger partial charge in [-0.1, -0.05) is 0 Å². The van der Waals surface area contributed by atoms with Gasteiger partial charge >= 0.3 is 18.2 Å². The lowest BCUT2D eigenvalue weighted by molar-refractivity contribution is 0.0696. The van der Waals surface area contributed by atoms with Gasteiger partial charge in [0.05, 0.1) is 18.8 Å². The van der Waals surface area contributed by atoms with Gasteiger partial charge in [0.25, 0.3) is 0 Å². The number of hydrogen-bond donors (Lipinski definition) is 8. The van der Waals surface area contributed by atoms with Crippen molar-refractivity contribution in [1.29, 1.82) is 0 Å². The molecular weight excluding hydrogens is 328 g/mol. The minimum atomic E-state index is -0.995. The van der Waals surface area contributed by atoms with Crippen LogP contribution in [0.2, 0.25) is 0 Å². The Bertz CT molecular complexity index is 447. The number of nitrogens with one attached hydrogen (secondary N) is 2. The Balaban J connectivity index is -0.000000270. The molecule has 138 valence electrons. The highest BCUT2D eigenvalue weighted by molar-refractivity contribution is 5.87. The average Bonchev–Trinajstić information content (AvgIpc) is 2.56. The SMILES string of the molecule is CNC(=O)O.CNC(=O)O.O=C(O)c1ccc(O)cc1.OCCO. The van der Waals surface area contributed by atoms with Crippen LogP contribution in [0.3, 0.4) is 0 Å². The summed E-state index contributed by atoms with van der Waals surface area (Å²) < 4.78 is 0. The van der Waals surface area contributed by atoms with E-state index in [9.17, 15) is 14.4 Å². The van der Waals surface area contributed by atoms with Gasteiger partial charge in [0.15, 0.2) is 0 Å². The zero-order valence-corrected chi connectivity index (χ0v) is 13.1. The molecule has 0 aliphatic rings. The zero-order valence-electron chi connectivity index (χ0n) is 13.1. The Morgan fingerprint density at radius 3 is 1.29 bits per heavy atom. The van der Waals surface area contributed by atoms with E-state index in [1.54, 1.807) is 0 Å². The molecule has 0 saturated heterocycles. The quantitative estimate of drug-likeness (QED) is 0.357. The van der Waals surface area contributed by atoms with Gasteiger partial charge < -0.3 is 41.3 Å². The molecule has 11 heteroatoms. The van der Waals surface area contributed by atoms with Crippen LogP contribution in [0.15, 0.2) is 24.3 Å². The second-order valence-electron chi connectivity index (χ2n) is 3.41. The van der Waals surface area contributed by atoms with Crippen molar-refractivity contribution in [2.75, 3.05) is 27.3 Å². The number of aliphatic hydroxyl groups is 2. The standard InChI is InChI=1S/C7H6O3.2C2H5NO2.C2H6O2/c8-6-3-1-5(2-4-6)7(9)10;2*1-3-2(4)5;3-1-2-4/h1-4,8H,(H,9,10);2*3H,1H3,(H,4,5);3-4H,1-2H2. The number of aromatic hydroxyl groups is 1. The van der Waals surface area contributed by atoms with Gasteiger partial charge in [0.1, 0.15) is 5.75 Å². The number of hydrogen-bond acceptors (Lipinski definition) is 6. The topological polar surface area (TPSA) is 197 Å². The number of aromatic carboxylic acids is 1. The maximum Gasteiger partial charge on any atom is 0.404 e. The molecule has 8 N–H and O–H groups in total. The molecular formula is C13H22N2O9. The first-order chi connectivity index (χ1) is 11.2. The van der Waals surface area contributed by atoms with Crippen molar-refractivity contribution >= 4 is 18.2 Å². The van der Waals surface area contributed by atoms with Crippen molar-refractivity contribution in [2.45, 2.75) is 0 Å². The van der Waals surface area contributed by atoms with Crippen LogP contribution < -0.4 is 10.6 Å². The fraction of sp³-hybridized carbons (Fsp3) is 0.308. The van der Waals surface area contributed by atoms with E-state index in [-0.39, 0.29) is 24.5 Å². The first kappa shape index (κ1) is 25.9. The highest BCUT2D eigenvalue weighted by Crippen LogP contribution is 2.08. The Morgan fingerprint density at radius 1 is 0.833 bits per heavy atom. The molecule has 0 spiro atoms. The molecule has 11 nitrogen and oxygen atoms in total. The third-order valence-electron chi connectivity index (χ3n) is 1.64. The summed E-state index contributed by atoms with van der Waals surface area (Å²) in [5.74, 6) is -0.912. The summed E-state index contributed by atoms with van der Waals surface area (Å²) in [7, 11) is 2.70. The largest absolute Gasteiger partial charge is 0.508 e. The predicted octanol–water partition coefficient (Wildman–Crippen LogP) is -0.171. The second-order valence-corrected chi connectivity index (χ2v) is 3.41. The molecule has 0 radical (unpaired) electrons. The van der Waals surface area contributed by atoms with Gasteiger partial charge in [-0.2, -0.15) is 0 Å². The zero-order chi connectivity index (χ0) is 19.5. The van der Waals surface area contributed by atoms with Crippen molar-refractivity contribution in [3.8, 4) is 5.75 Å². The fourth-order valence-corrected chi connectivity index (χ4v) is 0.604. The van der Waals surface area contributed by atoms with Gasteiger partial charge in [-0.15, -0.1) is 0 Å². The number of phenols is 1. The normalized spacial score (nSPS) is 7.83. The first-order valence-corrected chi connectivity index (χ1v) is 6.21. The van der Waals surface area contributed by atoms with Crippen LogP contribution in [0.4, 0.5) is 9.59 Å². The van der Waals surface area contributed by atoms with E-state index in [0.717, 1.165) is 0 Å². The third-order valence-corrected chi connectivity index (χ3v) is 1.64. The summed E-state index contributed by atoms with van der Waals surface area (Å²) in [6.07, 6.45) is -1.99. The van der Waals surface area contributed by atoms with Gasteiger partial charge in [0.2, 0.25) is 0 Å². The van der Waals surface area contributed by atoms with Crippen molar-refractivity contribution < 1.29 is 45.0 Å². The van der Waals surface area contributed by atoms with Crippen LogP contribution in [-0.2, 0) is 0 Å². The molecule has 0 heterocycles. The number of benzene rings is 1. The van der Waals surface area contributed by atoms with Crippen LogP contribution in [-0.4, -0.2) is 76.1 Å². The van der Waals surface area contributed by atoms with Crippen LogP contribution in [0.1, 0.15) is 10.4 Å². The molecule has 1 rings (SSSR count). The minimum Gasteiger partial charge on any atom is -0.508 e. The van der Waals surface area contributed by atoms with Crippen LogP contribution in [0.25, 0.3) is 0 Å². The monoisotopic (exact) mass is 350 g/mol. The van der Waals surface area contributed by atoms with Crippen LogP contribution in [0.5, 0.6) is 5.75 Å². The Hall–Kier alpha value is -3.05. The number of aliphatic hydroxyl groups excluding tert-OH is 2. The summed E-state index contributed by atoms with van der Waals surface area (Å²) in [5.41, 5.74) is 0.179. The lowest BCUT2D eigenvalue weighted by Gasteiger charge is -1.92.